The summed E-state index contributed by atoms with van der Waals surface area (Å²) in [5.41, 5.74) is 0.869. The lowest BCUT2D eigenvalue weighted by molar-refractivity contribution is -0.130. The van der Waals surface area contributed by atoms with Gasteiger partial charge in [0.2, 0.25) is 5.91 Å². The molecule has 6 heteroatoms. The van der Waals surface area contributed by atoms with Crippen molar-refractivity contribution in [1.29, 1.82) is 0 Å². The molecule has 1 aromatic rings. The number of ether oxygens (including phenoxy) is 2. The van der Waals surface area contributed by atoms with Crippen LogP contribution in [-0.2, 0) is 11.2 Å². The first-order valence-corrected chi connectivity index (χ1v) is 6.94. The minimum absolute atomic E-state index is 0. The molecule has 0 radical (unpaired) electrons. The Morgan fingerprint density at radius 2 is 2.05 bits per heavy atom. The van der Waals surface area contributed by atoms with E-state index in [4.69, 9.17) is 9.47 Å². The average Bonchev–Trinajstić information content (AvgIpc) is 2.76. The lowest BCUT2D eigenvalue weighted by atomic mass is 10.1. The standard InChI is InChI=1S/C15H22N2O3.ClH/c1-19-13-4-5-14(20-2)12(10-13)11-15(18)17-8-3-6-16-7-9-17;/h4-5,10,16H,3,6-9,11H2,1-2H3;1H. The van der Waals surface area contributed by atoms with E-state index < -0.39 is 0 Å². The van der Waals surface area contributed by atoms with Gasteiger partial charge in [0.05, 0.1) is 20.6 Å². The van der Waals surface area contributed by atoms with Crippen molar-refractivity contribution >= 4 is 18.3 Å². The predicted molar refractivity (Wildman–Crippen MR) is 84.6 cm³/mol. The molecule has 1 fully saturated rings. The first-order valence-electron chi connectivity index (χ1n) is 6.94. The van der Waals surface area contributed by atoms with Crippen LogP contribution in [0, 0.1) is 0 Å². The summed E-state index contributed by atoms with van der Waals surface area (Å²) in [4.78, 5) is 14.3. The Bertz CT molecular complexity index is 460. The maximum absolute atomic E-state index is 12.4. The zero-order valence-electron chi connectivity index (χ0n) is 12.6. The molecule has 118 valence electrons. The maximum atomic E-state index is 12.4. The van der Waals surface area contributed by atoms with Crippen LogP contribution in [0.1, 0.15) is 12.0 Å². The van der Waals surface area contributed by atoms with Gasteiger partial charge in [-0.2, -0.15) is 0 Å². The third-order valence-corrected chi connectivity index (χ3v) is 3.52. The van der Waals surface area contributed by atoms with E-state index in [0.29, 0.717) is 6.42 Å². The molecule has 1 aliphatic heterocycles. The number of benzene rings is 1. The summed E-state index contributed by atoms with van der Waals surface area (Å²) < 4.78 is 10.5. The van der Waals surface area contributed by atoms with E-state index >= 15 is 0 Å². The summed E-state index contributed by atoms with van der Waals surface area (Å²) in [6.07, 6.45) is 1.35. The molecule has 1 amide bonds. The van der Waals surface area contributed by atoms with Crippen molar-refractivity contribution in [3.8, 4) is 11.5 Å². The number of nitrogens with one attached hydrogen (secondary N) is 1. The molecule has 0 aliphatic carbocycles. The highest BCUT2D eigenvalue weighted by Crippen LogP contribution is 2.24. The van der Waals surface area contributed by atoms with Gasteiger partial charge in [-0.25, -0.2) is 0 Å². The van der Waals surface area contributed by atoms with Gasteiger partial charge in [0.1, 0.15) is 11.5 Å². The predicted octanol–water partition coefficient (Wildman–Crippen LogP) is 1.49. The molecule has 1 aliphatic rings. The van der Waals surface area contributed by atoms with E-state index in [-0.39, 0.29) is 18.3 Å². The van der Waals surface area contributed by atoms with E-state index in [2.05, 4.69) is 5.32 Å². The highest BCUT2D eigenvalue weighted by Gasteiger charge is 2.17. The Kier molecular flexibility index (Phi) is 7.32. The third kappa shape index (κ3) is 4.79. The molecule has 0 spiro atoms. The van der Waals surface area contributed by atoms with Crippen molar-refractivity contribution in [1.82, 2.24) is 10.2 Å². The van der Waals surface area contributed by atoms with Gasteiger partial charge in [-0.1, -0.05) is 0 Å². The topological polar surface area (TPSA) is 50.8 Å². The molecule has 0 unspecified atom stereocenters. The van der Waals surface area contributed by atoms with Gasteiger partial charge in [-0.3, -0.25) is 4.79 Å². The molecule has 2 rings (SSSR count). The quantitative estimate of drug-likeness (QED) is 0.915. The number of carbonyl (C=O) groups is 1. The largest absolute Gasteiger partial charge is 0.497 e. The van der Waals surface area contributed by atoms with Gasteiger partial charge in [0.15, 0.2) is 0 Å². The Morgan fingerprint density at radius 3 is 2.76 bits per heavy atom. The van der Waals surface area contributed by atoms with Gasteiger partial charge in [0, 0.05) is 25.2 Å². The number of amides is 1. The summed E-state index contributed by atoms with van der Waals surface area (Å²) in [7, 11) is 3.24. The molecule has 1 aromatic carbocycles. The Hall–Kier alpha value is -1.46. The van der Waals surface area contributed by atoms with Gasteiger partial charge < -0.3 is 19.7 Å². The Balaban J connectivity index is 0.00000220. The van der Waals surface area contributed by atoms with Crippen molar-refractivity contribution in [2.24, 2.45) is 0 Å². The first kappa shape index (κ1) is 17.6. The lowest BCUT2D eigenvalue weighted by Crippen LogP contribution is -2.35. The van der Waals surface area contributed by atoms with Gasteiger partial charge in [-0.05, 0) is 31.2 Å². The van der Waals surface area contributed by atoms with E-state index in [9.17, 15) is 4.79 Å². The number of nitrogens with zero attached hydrogens (tertiary/aromatic N) is 1. The Labute approximate surface area is 132 Å². The SMILES string of the molecule is COc1ccc(OC)c(CC(=O)N2CCCNCC2)c1.Cl. The van der Waals surface area contributed by atoms with Crippen LogP contribution in [0.5, 0.6) is 11.5 Å². The van der Waals surface area contributed by atoms with Gasteiger partial charge in [-0.15, -0.1) is 12.4 Å². The van der Waals surface area contributed by atoms with Crippen molar-refractivity contribution in [3.05, 3.63) is 23.8 Å². The normalized spacial score (nSPS) is 14.9. The summed E-state index contributed by atoms with van der Waals surface area (Å²) in [5, 5.41) is 3.30. The van der Waals surface area contributed by atoms with Crippen LogP contribution in [0.25, 0.3) is 0 Å². The minimum Gasteiger partial charge on any atom is -0.497 e. The Morgan fingerprint density at radius 1 is 1.24 bits per heavy atom. The van der Waals surface area contributed by atoms with Crippen molar-refractivity contribution in [2.45, 2.75) is 12.8 Å². The number of hydrogen-bond acceptors (Lipinski definition) is 4. The fourth-order valence-corrected chi connectivity index (χ4v) is 2.39. The van der Waals surface area contributed by atoms with E-state index in [1.165, 1.54) is 0 Å². The van der Waals surface area contributed by atoms with Crippen LogP contribution in [0.15, 0.2) is 18.2 Å². The second-order valence-electron chi connectivity index (χ2n) is 4.84. The van der Waals surface area contributed by atoms with Crippen molar-refractivity contribution in [3.63, 3.8) is 0 Å². The number of methoxy groups -OCH3 is 2. The number of halogens is 1. The highest BCUT2D eigenvalue weighted by molar-refractivity contribution is 5.85. The average molecular weight is 315 g/mol. The molecule has 0 atom stereocenters. The molecule has 0 bridgehead atoms. The van der Waals surface area contributed by atoms with Crippen LogP contribution in [0.2, 0.25) is 0 Å². The molecular weight excluding hydrogens is 292 g/mol. The third-order valence-electron chi connectivity index (χ3n) is 3.52. The minimum atomic E-state index is 0. The van der Waals surface area contributed by atoms with E-state index in [1.54, 1.807) is 14.2 Å². The second kappa shape index (κ2) is 8.74. The zero-order chi connectivity index (χ0) is 14.4. The number of hydrogen-bond donors (Lipinski definition) is 1. The van der Waals surface area contributed by atoms with Crippen LogP contribution < -0.4 is 14.8 Å². The summed E-state index contributed by atoms with van der Waals surface area (Å²) in [6.45, 7) is 3.43. The van der Waals surface area contributed by atoms with Gasteiger partial charge in [0.25, 0.3) is 0 Å². The van der Waals surface area contributed by atoms with Crippen molar-refractivity contribution < 1.29 is 14.3 Å². The second-order valence-corrected chi connectivity index (χ2v) is 4.84. The summed E-state index contributed by atoms with van der Waals surface area (Å²) in [6, 6.07) is 5.54. The zero-order valence-corrected chi connectivity index (χ0v) is 13.4. The maximum Gasteiger partial charge on any atom is 0.227 e. The smallest absolute Gasteiger partial charge is 0.227 e. The van der Waals surface area contributed by atoms with Crippen LogP contribution in [-0.4, -0.2) is 51.2 Å². The van der Waals surface area contributed by atoms with Crippen LogP contribution >= 0.6 is 12.4 Å². The van der Waals surface area contributed by atoms with E-state index in [0.717, 1.165) is 49.7 Å². The molecule has 5 nitrogen and oxygen atoms in total. The fourth-order valence-electron chi connectivity index (χ4n) is 2.39. The molecule has 0 saturated carbocycles. The molecule has 0 aromatic heterocycles. The van der Waals surface area contributed by atoms with Gasteiger partial charge >= 0.3 is 0 Å². The highest BCUT2D eigenvalue weighted by atomic mass is 35.5. The molecule has 1 heterocycles. The monoisotopic (exact) mass is 314 g/mol. The molecule has 1 N–H and O–H groups in total. The summed E-state index contributed by atoms with van der Waals surface area (Å²) >= 11 is 0. The first-order chi connectivity index (χ1) is 9.74. The number of carbonyl (C=O) groups excluding carboxylic acids is 1. The van der Waals surface area contributed by atoms with Crippen molar-refractivity contribution in [2.75, 3.05) is 40.4 Å². The summed E-state index contributed by atoms with van der Waals surface area (Å²) in [5.74, 6) is 1.61. The van der Waals surface area contributed by atoms with E-state index in [1.807, 2.05) is 23.1 Å². The molecular formula is C15H23ClN2O3. The molecule has 21 heavy (non-hydrogen) atoms. The van der Waals surface area contributed by atoms with Crippen LogP contribution in [0.3, 0.4) is 0 Å². The number of rotatable bonds is 4. The van der Waals surface area contributed by atoms with Crippen LogP contribution in [0.4, 0.5) is 0 Å². The lowest BCUT2D eigenvalue weighted by Gasteiger charge is -2.20. The molecule has 1 saturated heterocycles. The fraction of sp³-hybridized carbons (Fsp3) is 0.533.